The minimum Gasteiger partial charge on any atom is -0.355 e. The number of hydrogen-bond acceptors (Lipinski definition) is 5. The van der Waals surface area contributed by atoms with Crippen LogP contribution in [0.1, 0.15) is 19.5 Å². The highest BCUT2D eigenvalue weighted by atomic mass is 32.1. The summed E-state index contributed by atoms with van der Waals surface area (Å²) in [6.07, 6.45) is 1.78. The van der Waals surface area contributed by atoms with Crippen molar-refractivity contribution in [1.29, 1.82) is 0 Å². The molecule has 2 heterocycles. The standard InChI is InChI=1S/C10H13N3OS/c1-7(2)12-4-8-3-9(14-13-8)10-5-11-6-15-10/h3,5-7,12H,4H2,1-2H3. The van der Waals surface area contributed by atoms with Crippen molar-refractivity contribution in [2.45, 2.75) is 26.4 Å². The van der Waals surface area contributed by atoms with Gasteiger partial charge in [0.05, 0.1) is 16.1 Å². The van der Waals surface area contributed by atoms with Crippen molar-refractivity contribution in [2.75, 3.05) is 0 Å². The Bertz CT molecular complexity index is 408. The first-order valence-electron chi connectivity index (χ1n) is 4.83. The average molecular weight is 223 g/mol. The SMILES string of the molecule is CC(C)NCc1cc(-c2cncs2)on1. The fourth-order valence-electron chi connectivity index (χ4n) is 1.16. The van der Waals surface area contributed by atoms with Crippen LogP contribution in [0.25, 0.3) is 10.6 Å². The van der Waals surface area contributed by atoms with E-state index >= 15 is 0 Å². The molecule has 0 aliphatic heterocycles. The van der Waals surface area contributed by atoms with E-state index in [1.54, 1.807) is 23.0 Å². The quantitative estimate of drug-likeness (QED) is 0.864. The van der Waals surface area contributed by atoms with Crippen LogP contribution in [-0.4, -0.2) is 16.2 Å². The Morgan fingerprint density at radius 3 is 3.07 bits per heavy atom. The van der Waals surface area contributed by atoms with Crippen LogP contribution in [0, 0.1) is 0 Å². The lowest BCUT2D eigenvalue weighted by Crippen LogP contribution is -2.21. The summed E-state index contributed by atoms with van der Waals surface area (Å²) in [6, 6.07) is 2.40. The van der Waals surface area contributed by atoms with Crippen molar-refractivity contribution in [3.63, 3.8) is 0 Å². The Morgan fingerprint density at radius 2 is 2.40 bits per heavy atom. The number of hydrogen-bond donors (Lipinski definition) is 1. The lowest BCUT2D eigenvalue weighted by atomic mass is 10.3. The van der Waals surface area contributed by atoms with Crippen LogP contribution in [0.15, 0.2) is 22.3 Å². The maximum atomic E-state index is 5.22. The summed E-state index contributed by atoms with van der Waals surface area (Å²) in [5.41, 5.74) is 2.70. The Labute approximate surface area is 92.3 Å². The molecule has 0 saturated carbocycles. The summed E-state index contributed by atoms with van der Waals surface area (Å²) < 4.78 is 5.22. The van der Waals surface area contributed by atoms with Gasteiger partial charge < -0.3 is 9.84 Å². The summed E-state index contributed by atoms with van der Waals surface area (Å²) in [6.45, 7) is 4.94. The highest BCUT2D eigenvalue weighted by Gasteiger charge is 2.07. The molecule has 4 nitrogen and oxygen atoms in total. The van der Waals surface area contributed by atoms with Crippen LogP contribution < -0.4 is 5.32 Å². The molecule has 0 saturated heterocycles. The van der Waals surface area contributed by atoms with Crippen LogP contribution in [-0.2, 0) is 6.54 Å². The van der Waals surface area contributed by atoms with Crippen molar-refractivity contribution >= 4 is 11.3 Å². The zero-order valence-electron chi connectivity index (χ0n) is 8.73. The van der Waals surface area contributed by atoms with Gasteiger partial charge in [0.2, 0.25) is 0 Å². The Kier molecular flexibility index (Phi) is 3.13. The molecule has 0 fully saturated rings. The average Bonchev–Trinajstić information content (AvgIpc) is 2.85. The van der Waals surface area contributed by atoms with Crippen LogP contribution >= 0.6 is 11.3 Å². The van der Waals surface area contributed by atoms with Crippen molar-refractivity contribution in [2.24, 2.45) is 0 Å². The van der Waals surface area contributed by atoms with Crippen molar-refractivity contribution < 1.29 is 4.52 Å². The van der Waals surface area contributed by atoms with Gasteiger partial charge in [0.25, 0.3) is 0 Å². The molecule has 0 bridgehead atoms. The molecule has 0 aromatic carbocycles. The van der Waals surface area contributed by atoms with Crippen LogP contribution in [0.4, 0.5) is 0 Å². The second-order valence-corrected chi connectivity index (χ2v) is 4.47. The smallest absolute Gasteiger partial charge is 0.178 e. The molecule has 1 N–H and O–H groups in total. The summed E-state index contributed by atoms with van der Waals surface area (Å²) in [7, 11) is 0. The van der Waals surface area contributed by atoms with E-state index in [-0.39, 0.29) is 0 Å². The fourth-order valence-corrected chi connectivity index (χ4v) is 1.73. The van der Waals surface area contributed by atoms with Crippen LogP contribution in [0.5, 0.6) is 0 Å². The molecule has 2 rings (SSSR count). The molecular weight excluding hydrogens is 210 g/mol. The highest BCUT2D eigenvalue weighted by Crippen LogP contribution is 2.23. The van der Waals surface area contributed by atoms with Crippen molar-refractivity contribution in [1.82, 2.24) is 15.5 Å². The molecule has 0 aliphatic carbocycles. The van der Waals surface area contributed by atoms with E-state index in [0.717, 1.165) is 22.9 Å². The van der Waals surface area contributed by atoms with E-state index in [1.807, 2.05) is 6.07 Å². The predicted molar refractivity (Wildman–Crippen MR) is 59.6 cm³/mol. The molecule has 80 valence electrons. The molecule has 0 aliphatic rings. The van der Waals surface area contributed by atoms with Gasteiger partial charge in [0.1, 0.15) is 0 Å². The summed E-state index contributed by atoms with van der Waals surface area (Å²) in [5, 5.41) is 7.27. The molecular formula is C10H13N3OS. The van der Waals surface area contributed by atoms with E-state index in [9.17, 15) is 0 Å². The van der Waals surface area contributed by atoms with Gasteiger partial charge in [0, 0.05) is 24.8 Å². The van der Waals surface area contributed by atoms with E-state index in [0.29, 0.717) is 6.04 Å². The number of rotatable bonds is 4. The normalized spacial score (nSPS) is 11.1. The Hall–Kier alpha value is -1.20. The van der Waals surface area contributed by atoms with E-state index in [2.05, 4.69) is 29.3 Å². The maximum absolute atomic E-state index is 5.22. The molecule has 0 amide bonds. The fraction of sp³-hybridized carbons (Fsp3) is 0.400. The Balaban J connectivity index is 2.04. The first kappa shape index (κ1) is 10.3. The van der Waals surface area contributed by atoms with Gasteiger partial charge in [-0.3, -0.25) is 4.98 Å². The summed E-state index contributed by atoms with van der Waals surface area (Å²) >= 11 is 1.55. The van der Waals surface area contributed by atoms with Crippen LogP contribution in [0.2, 0.25) is 0 Å². The topological polar surface area (TPSA) is 51.0 Å². The van der Waals surface area contributed by atoms with Gasteiger partial charge >= 0.3 is 0 Å². The molecule has 0 spiro atoms. The largest absolute Gasteiger partial charge is 0.355 e. The molecule has 0 unspecified atom stereocenters. The molecule has 0 atom stereocenters. The molecule has 2 aromatic heterocycles. The van der Waals surface area contributed by atoms with Gasteiger partial charge in [-0.2, -0.15) is 0 Å². The highest BCUT2D eigenvalue weighted by molar-refractivity contribution is 7.13. The monoisotopic (exact) mass is 223 g/mol. The zero-order chi connectivity index (χ0) is 10.7. The number of thiazole rings is 1. The van der Waals surface area contributed by atoms with Crippen molar-refractivity contribution in [3.8, 4) is 10.6 Å². The van der Waals surface area contributed by atoms with Crippen LogP contribution in [0.3, 0.4) is 0 Å². The van der Waals surface area contributed by atoms with E-state index in [4.69, 9.17) is 4.52 Å². The van der Waals surface area contributed by atoms with Gasteiger partial charge in [-0.25, -0.2) is 0 Å². The maximum Gasteiger partial charge on any atom is 0.178 e. The Morgan fingerprint density at radius 1 is 1.53 bits per heavy atom. The summed E-state index contributed by atoms with van der Waals surface area (Å²) in [4.78, 5) is 5.01. The van der Waals surface area contributed by atoms with E-state index in [1.165, 1.54) is 0 Å². The third-order valence-corrected chi connectivity index (χ3v) is 2.71. The minimum absolute atomic E-state index is 0.452. The number of nitrogens with one attached hydrogen (secondary N) is 1. The number of nitrogens with zero attached hydrogens (tertiary/aromatic N) is 2. The zero-order valence-corrected chi connectivity index (χ0v) is 9.54. The van der Waals surface area contributed by atoms with Gasteiger partial charge in [0.15, 0.2) is 5.76 Å². The van der Waals surface area contributed by atoms with Gasteiger partial charge in [-0.05, 0) is 0 Å². The molecule has 15 heavy (non-hydrogen) atoms. The van der Waals surface area contributed by atoms with Gasteiger partial charge in [-0.15, -0.1) is 11.3 Å². The number of aromatic nitrogens is 2. The predicted octanol–water partition coefficient (Wildman–Crippen LogP) is 2.30. The third kappa shape index (κ3) is 2.64. The lowest BCUT2D eigenvalue weighted by Gasteiger charge is -2.03. The van der Waals surface area contributed by atoms with Crippen molar-refractivity contribution in [3.05, 3.63) is 23.5 Å². The van der Waals surface area contributed by atoms with Gasteiger partial charge in [-0.1, -0.05) is 19.0 Å². The second kappa shape index (κ2) is 4.55. The second-order valence-electron chi connectivity index (χ2n) is 3.58. The first-order valence-corrected chi connectivity index (χ1v) is 5.71. The molecule has 2 aromatic rings. The third-order valence-electron chi connectivity index (χ3n) is 1.93. The molecule has 5 heteroatoms. The summed E-state index contributed by atoms with van der Waals surface area (Å²) in [5.74, 6) is 0.790. The lowest BCUT2D eigenvalue weighted by molar-refractivity contribution is 0.418. The minimum atomic E-state index is 0.452. The molecule has 0 radical (unpaired) electrons. The van der Waals surface area contributed by atoms with E-state index < -0.39 is 0 Å². The first-order chi connectivity index (χ1) is 7.25.